The van der Waals surface area contributed by atoms with Crippen LogP contribution in [0.15, 0.2) is 47.4 Å². The molecule has 1 N–H and O–H groups in total. The highest BCUT2D eigenvalue weighted by atomic mass is 32.2. The number of hydrogen-bond acceptors (Lipinski definition) is 4. The molecule has 29 heavy (non-hydrogen) atoms. The molecule has 1 amide bonds. The van der Waals surface area contributed by atoms with Crippen molar-refractivity contribution in [3.05, 3.63) is 59.4 Å². The molecule has 2 rings (SSSR count). The molecule has 1 atom stereocenters. The number of amides is 1. The number of carbonyl (C=O) groups excluding carboxylic acids is 1. The van der Waals surface area contributed by atoms with Crippen molar-refractivity contribution in [2.45, 2.75) is 38.1 Å². The number of ether oxygens (including phenoxy) is 1. The lowest BCUT2D eigenvalue weighted by Crippen LogP contribution is -2.30. The van der Waals surface area contributed by atoms with Crippen molar-refractivity contribution in [1.82, 2.24) is 9.62 Å². The Balaban J connectivity index is 2.04. The third-order valence-corrected chi connectivity index (χ3v) is 6.75. The third-order valence-electron chi connectivity index (χ3n) is 4.68. The Morgan fingerprint density at radius 3 is 2.28 bits per heavy atom. The molecular formula is C21H27FN2O4S. The molecule has 6 nitrogen and oxygen atoms in total. The van der Waals surface area contributed by atoms with Gasteiger partial charge in [-0.15, -0.1) is 0 Å². The second-order valence-corrected chi connectivity index (χ2v) is 8.53. The summed E-state index contributed by atoms with van der Waals surface area (Å²) in [5.41, 5.74) is 1.31. The monoisotopic (exact) mass is 422 g/mol. The highest BCUT2D eigenvalue weighted by Crippen LogP contribution is 2.20. The Bertz CT molecular complexity index is 942. The van der Waals surface area contributed by atoms with Crippen molar-refractivity contribution in [1.29, 1.82) is 0 Å². The van der Waals surface area contributed by atoms with Gasteiger partial charge in [-0.25, -0.2) is 12.8 Å². The summed E-state index contributed by atoms with van der Waals surface area (Å²) in [6.07, 6.45) is 0.0275. The minimum Gasteiger partial charge on any atom is -0.494 e. The first kappa shape index (κ1) is 22.8. The fourth-order valence-electron chi connectivity index (χ4n) is 3.02. The molecule has 0 radical (unpaired) electrons. The SMILES string of the molecule is CCN(CC)S(=O)(=O)c1ccc([C@@H](C)NC(=O)Cc2ccc(OC)c(F)c2)cc1. The Hall–Kier alpha value is -2.45. The van der Waals surface area contributed by atoms with Crippen LogP contribution in [0.4, 0.5) is 4.39 Å². The molecule has 0 saturated heterocycles. The molecule has 0 aliphatic carbocycles. The molecule has 0 unspecified atom stereocenters. The van der Waals surface area contributed by atoms with E-state index in [1.54, 1.807) is 51.1 Å². The molecule has 0 heterocycles. The van der Waals surface area contributed by atoms with Crippen LogP contribution in [0.25, 0.3) is 0 Å². The molecule has 0 spiro atoms. The number of nitrogens with one attached hydrogen (secondary N) is 1. The van der Waals surface area contributed by atoms with Crippen LogP contribution >= 0.6 is 0 Å². The first-order valence-corrected chi connectivity index (χ1v) is 10.9. The van der Waals surface area contributed by atoms with Crippen LogP contribution in [0.1, 0.15) is 37.9 Å². The lowest BCUT2D eigenvalue weighted by atomic mass is 10.1. The fraction of sp³-hybridized carbons (Fsp3) is 0.381. The normalized spacial score (nSPS) is 12.6. The van der Waals surface area contributed by atoms with E-state index in [4.69, 9.17) is 4.74 Å². The number of sulfonamides is 1. The van der Waals surface area contributed by atoms with Gasteiger partial charge in [0.25, 0.3) is 0 Å². The Morgan fingerprint density at radius 2 is 1.76 bits per heavy atom. The second kappa shape index (κ2) is 9.84. The minimum absolute atomic E-state index is 0.0275. The maximum Gasteiger partial charge on any atom is 0.243 e. The van der Waals surface area contributed by atoms with Crippen LogP contribution in [0.5, 0.6) is 5.75 Å². The number of halogens is 1. The Labute approximate surface area is 171 Å². The zero-order valence-corrected chi connectivity index (χ0v) is 17.9. The van der Waals surface area contributed by atoms with Crippen molar-refractivity contribution in [3.8, 4) is 5.75 Å². The van der Waals surface area contributed by atoms with E-state index in [-0.39, 0.29) is 29.0 Å². The summed E-state index contributed by atoms with van der Waals surface area (Å²) >= 11 is 0. The van der Waals surface area contributed by atoms with Crippen LogP contribution in [-0.4, -0.2) is 38.8 Å². The molecule has 0 saturated carbocycles. The van der Waals surface area contributed by atoms with Crippen molar-refractivity contribution in [3.63, 3.8) is 0 Å². The van der Waals surface area contributed by atoms with Crippen LogP contribution < -0.4 is 10.1 Å². The zero-order valence-electron chi connectivity index (χ0n) is 17.1. The van der Waals surface area contributed by atoms with E-state index >= 15 is 0 Å². The molecule has 0 aromatic heterocycles. The number of rotatable bonds is 9. The molecule has 8 heteroatoms. The van der Waals surface area contributed by atoms with E-state index in [1.807, 2.05) is 0 Å². The largest absolute Gasteiger partial charge is 0.494 e. The van der Waals surface area contributed by atoms with Gasteiger partial charge in [0.2, 0.25) is 15.9 Å². The maximum absolute atomic E-state index is 13.8. The number of carbonyl (C=O) groups is 1. The quantitative estimate of drug-likeness (QED) is 0.673. The van der Waals surface area contributed by atoms with Crippen LogP contribution in [0.2, 0.25) is 0 Å². The van der Waals surface area contributed by atoms with Crippen molar-refractivity contribution >= 4 is 15.9 Å². The smallest absolute Gasteiger partial charge is 0.243 e. The number of methoxy groups -OCH3 is 1. The molecule has 2 aromatic carbocycles. The van der Waals surface area contributed by atoms with Gasteiger partial charge in [0.05, 0.1) is 24.5 Å². The standard InChI is InChI=1S/C21H27FN2O4S/c1-5-24(6-2)29(26,27)18-10-8-17(9-11-18)15(3)23-21(25)14-16-7-12-20(28-4)19(22)13-16/h7-13,15H,5-6,14H2,1-4H3,(H,23,25)/t15-/m1/s1. The highest BCUT2D eigenvalue weighted by molar-refractivity contribution is 7.89. The molecule has 0 bridgehead atoms. The summed E-state index contributed by atoms with van der Waals surface area (Å²) in [6.45, 7) is 6.20. The summed E-state index contributed by atoms with van der Waals surface area (Å²) in [7, 11) is -2.14. The van der Waals surface area contributed by atoms with E-state index < -0.39 is 15.8 Å². The minimum atomic E-state index is -3.52. The van der Waals surface area contributed by atoms with Gasteiger partial charge in [-0.3, -0.25) is 4.79 Å². The van der Waals surface area contributed by atoms with Gasteiger partial charge < -0.3 is 10.1 Å². The van der Waals surface area contributed by atoms with Gasteiger partial charge in [0.15, 0.2) is 11.6 Å². The maximum atomic E-state index is 13.8. The first-order valence-electron chi connectivity index (χ1n) is 9.44. The van der Waals surface area contributed by atoms with E-state index in [1.165, 1.54) is 23.5 Å². The van der Waals surface area contributed by atoms with Gasteiger partial charge in [-0.2, -0.15) is 4.31 Å². The molecule has 2 aromatic rings. The van der Waals surface area contributed by atoms with Gasteiger partial charge in [0, 0.05) is 13.1 Å². The fourth-order valence-corrected chi connectivity index (χ4v) is 4.48. The van der Waals surface area contributed by atoms with Crippen molar-refractivity contribution in [2.24, 2.45) is 0 Å². The average molecular weight is 423 g/mol. The lowest BCUT2D eigenvalue weighted by Gasteiger charge is -2.19. The van der Waals surface area contributed by atoms with E-state index in [0.717, 1.165) is 5.56 Å². The van der Waals surface area contributed by atoms with Crippen LogP contribution in [-0.2, 0) is 21.2 Å². The second-order valence-electron chi connectivity index (χ2n) is 6.59. The number of nitrogens with zero attached hydrogens (tertiary/aromatic N) is 1. The van der Waals surface area contributed by atoms with E-state index in [2.05, 4.69) is 5.32 Å². The Kier molecular flexibility index (Phi) is 7.75. The average Bonchev–Trinajstić information content (AvgIpc) is 2.69. The summed E-state index contributed by atoms with van der Waals surface area (Å²) < 4.78 is 45.1. The predicted octanol–water partition coefficient (Wildman–Crippen LogP) is 3.28. The van der Waals surface area contributed by atoms with Crippen LogP contribution in [0.3, 0.4) is 0 Å². The van der Waals surface area contributed by atoms with Crippen molar-refractivity contribution < 1.29 is 22.3 Å². The summed E-state index contributed by atoms with van der Waals surface area (Å²) in [5.74, 6) is -0.653. The lowest BCUT2D eigenvalue weighted by molar-refractivity contribution is -0.121. The molecule has 0 aliphatic rings. The molecule has 0 fully saturated rings. The topological polar surface area (TPSA) is 75.7 Å². The van der Waals surface area contributed by atoms with Crippen LogP contribution in [0, 0.1) is 5.82 Å². The molecule has 0 aliphatic heterocycles. The first-order chi connectivity index (χ1) is 13.7. The third kappa shape index (κ3) is 5.55. The summed E-state index contributed by atoms with van der Waals surface area (Å²) in [5, 5.41) is 2.84. The predicted molar refractivity (Wildman–Crippen MR) is 110 cm³/mol. The van der Waals surface area contributed by atoms with E-state index in [9.17, 15) is 17.6 Å². The molecular weight excluding hydrogens is 395 g/mol. The highest BCUT2D eigenvalue weighted by Gasteiger charge is 2.21. The van der Waals surface area contributed by atoms with Gasteiger partial charge >= 0.3 is 0 Å². The van der Waals surface area contributed by atoms with Gasteiger partial charge in [-0.1, -0.05) is 32.0 Å². The summed E-state index contributed by atoms with van der Waals surface area (Å²) in [6, 6.07) is 10.5. The number of benzene rings is 2. The Morgan fingerprint density at radius 1 is 1.14 bits per heavy atom. The zero-order chi connectivity index (χ0) is 21.6. The molecule has 158 valence electrons. The van der Waals surface area contributed by atoms with Gasteiger partial charge in [0.1, 0.15) is 0 Å². The van der Waals surface area contributed by atoms with E-state index in [0.29, 0.717) is 18.7 Å². The van der Waals surface area contributed by atoms with Crippen molar-refractivity contribution in [2.75, 3.05) is 20.2 Å². The van der Waals surface area contributed by atoms with Gasteiger partial charge in [-0.05, 0) is 42.3 Å². The summed E-state index contributed by atoms with van der Waals surface area (Å²) in [4.78, 5) is 12.5. The number of hydrogen-bond donors (Lipinski definition) is 1.